The van der Waals surface area contributed by atoms with Crippen molar-refractivity contribution in [3.8, 4) is 0 Å². The second kappa shape index (κ2) is 7.17. The molecule has 1 aliphatic rings. The molecule has 1 atom stereocenters. The maximum Gasteiger partial charge on any atom is 0.306 e. The molecule has 0 fully saturated rings. The van der Waals surface area contributed by atoms with E-state index in [1.54, 1.807) is 13.0 Å². The van der Waals surface area contributed by atoms with E-state index in [4.69, 9.17) is 4.74 Å². The standard InChI is InChI=1S/C15H22O3/c1-13-8-4-3-7-11-15(2,17)12-18-14(16)10-6-5-9-13/h5,7-9,11,17H,3-4,6,10,12H2,1-2H3/b9-5?,11-7+,13-8?/t15-/m0/s1. The summed E-state index contributed by atoms with van der Waals surface area (Å²) in [6.07, 6.45) is 12.6. The Hall–Kier alpha value is -1.35. The van der Waals surface area contributed by atoms with Gasteiger partial charge < -0.3 is 9.84 Å². The van der Waals surface area contributed by atoms with Gasteiger partial charge in [-0.25, -0.2) is 0 Å². The normalized spacial score (nSPS) is 29.1. The van der Waals surface area contributed by atoms with E-state index < -0.39 is 5.60 Å². The predicted octanol–water partition coefficient (Wildman–Crippen LogP) is 2.91. The van der Waals surface area contributed by atoms with Gasteiger partial charge in [0, 0.05) is 6.42 Å². The minimum atomic E-state index is -1.08. The molecule has 0 bridgehead atoms. The molecule has 0 aromatic heterocycles. The molecule has 0 aromatic carbocycles. The number of aliphatic hydroxyl groups is 1. The van der Waals surface area contributed by atoms with Crippen molar-refractivity contribution < 1.29 is 14.6 Å². The van der Waals surface area contributed by atoms with Gasteiger partial charge in [0.05, 0.1) is 0 Å². The summed E-state index contributed by atoms with van der Waals surface area (Å²) in [5.41, 5.74) is 0.120. The molecule has 0 unspecified atom stereocenters. The Bertz CT molecular complexity index is 362. The minimum Gasteiger partial charge on any atom is -0.462 e. The highest BCUT2D eigenvalue weighted by Crippen LogP contribution is 2.10. The lowest BCUT2D eigenvalue weighted by Crippen LogP contribution is -2.29. The van der Waals surface area contributed by atoms with Gasteiger partial charge in [0.1, 0.15) is 12.2 Å². The van der Waals surface area contributed by atoms with Crippen molar-refractivity contribution in [2.24, 2.45) is 0 Å². The van der Waals surface area contributed by atoms with Gasteiger partial charge in [-0.3, -0.25) is 4.79 Å². The average Bonchev–Trinajstić information content (AvgIpc) is 2.31. The molecule has 0 spiro atoms. The molecule has 1 rings (SSSR count). The fourth-order valence-electron chi connectivity index (χ4n) is 1.63. The summed E-state index contributed by atoms with van der Waals surface area (Å²) in [6, 6.07) is 0. The molecule has 18 heavy (non-hydrogen) atoms. The summed E-state index contributed by atoms with van der Waals surface area (Å²) in [5, 5.41) is 9.96. The summed E-state index contributed by atoms with van der Waals surface area (Å²) in [4.78, 5) is 11.4. The van der Waals surface area contributed by atoms with E-state index in [9.17, 15) is 9.90 Å². The monoisotopic (exact) mass is 250 g/mol. The van der Waals surface area contributed by atoms with Crippen LogP contribution in [-0.4, -0.2) is 23.3 Å². The number of esters is 1. The second-order valence-electron chi connectivity index (χ2n) is 4.89. The van der Waals surface area contributed by atoms with E-state index in [-0.39, 0.29) is 12.6 Å². The van der Waals surface area contributed by atoms with Crippen LogP contribution in [0.25, 0.3) is 0 Å². The number of ether oxygens (including phenoxy) is 1. The molecule has 0 amide bonds. The Morgan fingerprint density at radius 2 is 2.06 bits per heavy atom. The van der Waals surface area contributed by atoms with Gasteiger partial charge in [-0.1, -0.05) is 36.0 Å². The van der Waals surface area contributed by atoms with E-state index in [2.05, 4.69) is 6.08 Å². The lowest BCUT2D eigenvalue weighted by atomic mass is 10.1. The second-order valence-corrected chi connectivity index (χ2v) is 4.89. The SMILES string of the molecule is CC1=CCC/C=C/[C@](C)(O)COC(=O)CCC=C1. The van der Waals surface area contributed by atoms with Crippen molar-refractivity contribution >= 4 is 5.97 Å². The summed E-state index contributed by atoms with van der Waals surface area (Å²) < 4.78 is 5.04. The number of carbonyl (C=O) groups excluding carboxylic acids is 1. The zero-order chi connectivity index (χ0) is 13.4. The fraction of sp³-hybridized carbons (Fsp3) is 0.533. The highest BCUT2D eigenvalue weighted by Gasteiger charge is 2.18. The van der Waals surface area contributed by atoms with Crippen molar-refractivity contribution in [1.29, 1.82) is 0 Å². The first-order valence-electron chi connectivity index (χ1n) is 6.39. The first kappa shape index (κ1) is 14.7. The van der Waals surface area contributed by atoms with Crippen molar-refractivity contribution in [3.63, 3.8) is 0 Å². The minimum absolute atomic E-state index is 0.0148. The largest absolute Gasteiger partial charge is 0.462 e. The molecule has 1 aliphatic heterocycles. The van der Waals surface area contributed by atoms with Crippen LogP contribution in [0.15, 0.2) is 36.0 Å². The van der Waals surface area contributed by atoms with Crippen molar-refractivity contribution in [2.75, 3.05) is 6.61 Å². The molecule has 3 heteroatoms. The Morgan fingerprint density at radius 3 is 2.83 bits per heavy atom. The summed E-state index contributed by atoms with van der Waals surface area (Å²) >= 11 is 0. The maximum atomic E-state index is 11.4. The van der Waals surface area contributed by atoms with Crippen LogP contribution in [-0.2, 0) is 9.53 Å². The van der Waals surface area contributed by atoms with Crippen LogP contribution in [0, 0.1) is 0 Å². The maximum absolute atomic E-state index is 11.4. The van der Waals surface area contributed by atoms with Crippen LogP contribution in [0.3, 0.4) is 0 Å². The highest BCUT2D eigenvalue weighted by atomic mass is 16.5. The Balaban J connectivity index is 2.68. The van der Waals surface area contributed by atoms with E-state index in [1.807, 2.05) is 25.2 Å². The number of cyclic esters (lactones) is 1. The van der Waals surface area contributed by atoms with E-state index in [0.717, 1.165) is 12.8 Å². The molecular weight excluding hydrogens is 228 g/mol. The molecule has 100 valence electrons. The van der Waals surface area contributed by atoms with Crippen molar-refractivity contribution in [1.82, 2.24) is 0 Å². The summed E-state index contributed by atoms with van der Waals surface area (Å²) in [6.45, 7) is 3.70. The first-order chi connectivity index (χ1) is 8.49. The molecule has 0 radical (unpaired) electrons. The van der Waals surface area contributed by atoms with Gasteiger partial charge >= 0.3 is 5.97 Å². The molecule has 0 saturated carbocycles. The van der Waals surface area contributed by atoms with Crippen LogP contribution >= 0.6 is 0 Å². The predicted molar refractivity (Wildman–Crippen MR) is 72.1 cm³/mol. The molecule has 1 heterocycles. The lowest BCUT2D eigenvalue weighted by molar-refractivity contribution is -0.148. The molecule has 0 aliphatic carbocycles. The molecule has 0 aromatic rings. The zero-order valence-electron chi connectivity index (χ0n) is 11.2. The molecular formula is C15H22O3. The van der Waals surface area contributed by atoms with Crippen molar-refractivity contribution in [3.05, 3.63) is 36.0 Å². The lowest BCUT2D eigenvalue weighted by Gasteiger charge is -2.18. The van der Waals surface area contributed by atoms with Gasteiger partial charge in [0.2, 0.25) is 0 Å². The summed E-state index contributed by atoms with van der Waals surface area (Å²) in [5.74, 6) is -0.271. The van der Waals surface area contributed by atoms with Crippen LogP contribution in [0.1, 0.15) is 39.5 Å². The van der Waals surface area contributed by atoms with Gasteiger partial charge in [-0.2, -0.15) is 0 Å². The Labute approximate surface area is 109 Å². The number of hydrogen-bond acceptors (Lipinski definition) is 3. The topological polar surface area (TPSA) is 46.5 Å². The number of hydrogen-bond donors (Lipinski definition) is 1. The first-order valence-corrected chi connectivity index (χ1v) is 6.39. The van der Waals surface area contributed by atoms with Crippen LogP contribution in [0.5, 0.6) is 0 Å². The van der Waals surface area contributed by atoms with Gasteiger partial charge in [-0.05, 0) is 33.1 Å². The zero-order valence-corrected chi connectivity index (χ0v) is 11.2. The summed E-state index contributed by atoms with van der Waals surface area (Å²) in [7, 11) is 0. The quantitative estimate of drug-likeness (QED) is 0.531. The number of carbonyl (C=O) groups is 1. The Morgan fingerprint density at radius 1 is 1.28 bits per heavy atom. The van der Waals surface area contributed by atoms with Crippen LogP contribution in [0.4, 0.5) is 0 Å². The Kier molecular flexibility index (Phi) is 5.86. The number of rotatable bonds is 0. The molecule has 0 saturated heterocycles. The van der Waals surface area contributed by atoms with E-state index in [1.165, 1.54) is 5.57 Å². The fourth-order valence-corrected chi connectivity index (χ4v) is 1.63. The average molecular weight is 250 g/mol. The van der Waals surface area contributed by atoms with Crippen LogP contribution < -0.4 is 0 Å². The van der Waals surface area contributed by atoms with Gasteiger partial charge in [0.25, 0.3) is 0 Å². The van der Waals surface area contributed by atoms with Gasteiger partial charge in [-0.15, -0.1) is 0 Å². The molecule has 3 nitrogen and oxygen atoms in total. The smallest absolute Gasteiger partial charge is 0.306 e. The third kappa shape index (κ3) is 6.40. The third-order valence-corrected chi connectivity index (χ3v) is 2.70. The van der Waals surface area contributed by atoms with Crippen LogP contribution in [0.2, 0.25) is 0 Å². The highest BCUT2D eigenvalue weighted by molar-refractivity contribution is 5.69. The van der Waals surface area contributed by atoms with Gasteiger partial charge in [0.15, 0.2) is 0 Å². The van der Waals surface area contributed by atoms with E-state index >= 15 is 0 Å². The third-order valence-electron chi connectivity index (χ3n) is 2.70. The molecule has 1 N–H and O–H groups in total. The van der Waals surface area contributed by atoms with Crippen molar-refractivity contribution in [2.45, 2.75) is 45.1 Å². The number of allylic oxidation sites excluding steroid dienone is 5. The van der Waals surface area contributed by atoms with E-state index in [0.29, 0.717) is 12.8 Å².